The normalized spacial score (nSPS) is 13.1. The molecule has 4 aromatic rings. The molecule has 1 aliphatic rings. The number of fused-ring (bicyclic) bond motifs is 2. The smallest absolute Gasteiger partial charge is 0.256 e. The van der Waals surface area contributed by atoms with Gasteiger partial charge in [0.15, 0.2) is 0 Å². The molecule has 3 heterocycles. The number of nitrogens with one attached hydrogen (secondary N) is 1. The zero-order valence-electron chi connectivity index (χ0n) is 15.7. The number of nitrogens with zero attached hydrogens (tertiary/aromatic N) is 3. The maximum absolute atomic E-state index is 12.9. The number of aryl methyl sites for hydroxylation is 1. The van der Waals surface area contributed by atoms with Gasteiger partial charge in [-0.15, -0.1) is 11.3 Å². The Hall–Kier alpha value is -3.43. The average Bonchev–Trinajstić information content (AvgIpc) is 3.34. The van der Waals surface area contributed by atoms with Crippen LogP contribution in [0.1, 0.15) is 39.2 Å². The van der Waals surface area contributed by atoms with E-state index in [-0.39, 0.29) is 5.91 Å². The maximum Gasteiger partial charge on any atom is 0.256 e. The molecule has 6 heteroatoms. The van der Waals surface area contributed by atoms with Gasteiger partial charge in [-0.3, -0.25) is 4.79 Å². The second-order valence-corrected chi connectivity index (χ2v) is 8.26. The third kappa shape index (κ3) is 3.20. The molecule has 0 saturated heterocycles. The lowest BCUT2D eigenvalue weighted by Crippen LogP contribution is -2.12. The van der Waals surface area contributed by atoms with Gasteiger partial charge in [-0.25, -0.2) is 4.98 Å². The standard InChI is InChI=1S/C23H18N4OS/c24-13-18-17-8-4-5-9-20(17)29-23(18)26-22(28)16-10-11-27-14-19(25-21(27)12-16)15-6-2-1-3-7-15/h1-3,6-7,10-12,14H,4-5,8-9H2,(H,26,28). The summed E-state index contributed by atoms with van der Waals surface area (Å²) in [6.45, 7) is 0. The van der Waals surface area contributed by atoms with E-state index < -0.39 is 0 Å². The first-order chi connectivity index (χ1) is 14.2. The fourth-order valence-electron chi connectivity index (χ4n) is 3.82. The molecule has 5 rings (SSSR count). The Labute approximate surface area is 172 Å². The first-order valence-electron chi connectivity index (χ1n) is 9.63. The SMILES string of the molecule is N#Cc1c(NC(=O)c2ccn3cc(-c4ccccc4)nc3c2)sc2c1CCCC2. The van der Waals surface area contributed by atoms with Crippen molar-refractivity contribution in [3.05, 3.63) is 76.4 Å². The molecule has 0 spiro atoms. The lowest BCUT2D eigenvalue weighted by molar-refractivity contribution is 0.102. The molecule has 1 N–H and O–H groups in total. The van der Waals surface area contributed by atoms with Gasteiger partial charge in [-0.05, 0) is 43.4 Å². The second-order valence-electron chi connectivity index (χ2n) is 7.15. The minimum Gasteiger partial charge on any atom is -0.312 e. The van der Waals surface area contributed by atoms with Crippen LogP contribution in [0, 0.1) is 11.3 Å². The predicted octanol–water partition coefficient (Wildman–Crippen LogP) is 5.07. The van der Waals surface area contributed by atoms with Gasteiger partial charge in [-0.1, -0.05) is 30.3 Å². The summed E-state index contributed by atoms with van der Waals surface area (Å²) >= 11 is 1.54. The number of rotatable bonds is 3. The Morgan fingerprint density at radius 3 is 2.83 bits per heavy atom. The fourth-order valence-corrected chi connectivity index (χ4v) is 5.05. The number of hydrogen-bond donors (Lipinski definition) is 1. The van der Waals surface area contributed by atoms with Gasteiger partial charge >= 0.3 is 0 Å². The zero-order chi connectivity index (χ0) is 19.8. The minimum atomic E-state index is -0.216. The van der Waals surface area contributed by atoms with E-state index in [1.165, 1.54) is 16.2 Å². The first-order valence-corrected chi connectivity index (χ1v) is 10.4. The summed E-state index contributed by atoms with van der Waals surface area (Å²) in [5.74, 6) is -0.216. The number of imidazole rings is 1. The lowest BCUT2D eigenvalue weighted by atomic mass is 9.96. The van der Waals surface area contributed by atoms with E-state index in [1.807, 2.05) is 47.1 Å². The van der Waals surface area contributed by atoms with E-state index in [4.69, 9.17) is 0 Å². The second kappa shape index (κ2) is 7.19. The topological polar surface area (TPSA) is 70.2 Å². The van der Waals surface area contributed by atoms with Gasteiger partial charge < -0.3 is 9.72 Å². The quantitative estimate of drug-likeness (QED) is 0.524. The molecule has 1 amide bonds. The number of amides is 1. The molecule has 29 heavy (non-hydrogen) atoms. The third-order valence-electron chi connectivity index (χ3n) is 5.30. The van der Waals surface area contributed by atoms with Gasteiger partial charge in [0, 0.05) is 28.4 Å². The molecule has 142 valence electrons. The zero-order valence-corrected chi connectivity index (χ0v) is 16.5. The van der Waals surface area contributed by atoms with Crippen LogP contribution in [0.3, 0.4) is 0 Å². The van der Waals surface area contributed by atoms with Crippen molar-refractivity contribution in [3.8, 4) is 17.3 Å². The van der Waals surface area contributed by atoms with Crippen molar-refractivity contribution < 1.29 is 4.79 Å². The highest BCUT2D eigenvalue weighted by Crippen LogP contribution is 2.37. The van der Waals surface area contributed by atoms with Gasteiger partial charge in [0.2, 0.25) is 0 Å². The van der Waals surface area contributed by atoms with E-state index >= 15 is 0 Å². The van der Waals surface area contributed by atoms with E-state index in [2.05, 4.69) is 16.4 Å². The van der Waals surface area contributed by atoms with Crippen LogP contribution in [0.5, 0.6) is 0 Å². The fraction of sp³-hybridized carbons (Fsp3) is 0.174. The number of nitriles is 1. The molecule has 3 aromatic heterocycles. The van der Waals surface area contributed by atoms with Crippen molar-refractivity contribution >= 4 is 27.9 Å². The Morgan fingerprint density at radius 2 is 2.00 bits per heavy atom. The molecule has 0 aliphatic heterocycles. The molecule has 0 fully saturated rings. The molecule has 0 atom stereocenters. The first kappa shape index (κ1) is 17.7. The number of pyridine rings is 1. The van der Waals surface area contributed by atoms with Crippen LogP contribution in [0.15, 0.2) is 54.9 Å². The number of benzene rings is 1. The van der Waals surface area contributed by atoms with Gasteiger partial charge in [0.25, 0.3) is 5.91 Å². The van der Waals surface area contributed by atoms with Crippen LogP contribution in [0.2, 0.25) is 0 Å². The number of carbonyl (C=O) groups is 1. The largest absolute Gasteiger partial charge is 0.312 e. The van der Waals surface area contributed by atoms with Crippen molar-refractivity contribution in [2.75, 3.05) is 5.32 Å². The highest BCUT2D eigenvalue weighted by molar-refractivity contribution is 7.16. The number of aromatic nitrogens is 2. The van der Waals surface area contributed by atoms with Crippen LogP contribution < -0.4 is 5.32 Å². The predicted molar refractivity (Wildman–Crippen MR) is 114 cm³/mol. The molecule has 0 radical (unpaired) electrons. The molecule has 1 aliphatic carbocycles. The Kier molecular flexibility index (Phi) is 4.38. The third-order valence-corrected chi connectivity index (χ3v) is 6.51. The summed E-state index contributed by atoms with van der Waals surface area (Å²) in [6, 6.07) is 15.8. The number of thiophene rings is 1. The highest BCUT2D eigenvalue weighted by atomic mass is 32.1. The van der Waals surface area contributed by atoms with Gasteiger partial charge in [0.1, 0.15) is 16.7 Å². The van der Waals surface area contributed by atoms with Gasteiger partial charge in [0.05, 0.1) is 11.3 Å². The van der Waals surface area contributed by atoms with E-state index in [9.17, 15) is 10.1 Å². The van der Waals surface area contributed by atoms with Crippen molar-refractivity contribution in [2.24, 2.45) is 0 Å². The molecule has 1 aromatic carbocycles. The monoisotopic (exact) mass is 398 g/mol. The Balaban J connectivity index is 1.45. The molecular formula is C23H18N4OS. The van der Waals surface area contributed by atoms with E-state index in [0.717, 1.165) is 42.5 Å². The summed E-state index contributed by atoms with van der Waals surface area (Å²) in [5.41, 5.74) is 4.88. The van der Waals surface area contributed by atoms with Crippen LogP contribution in [0.4, 0.5) is 5.00 Å². The number of carbonyl (C=O) groups excluding carboxylic acids is 1. The van der Waals surface area contributed by atoms with E-state index in [1.54, 1.807) is 12.1 Å². The minimum absolute atomic E-state index is 0.216. The number of hydrogen-bond acceptors (Lipinski definition) is 4. The summed E-state index contributed by atoms with van der Waals surface area (Å²) in [5, 5.41) is 13.2. The van der Waals surface area contributed by atoms with Crippen molar-refractivity contribution in [2.45, 2.75) is 25.7 Å². The van der Waals surface area contributed by atoms with Crippen LogP contribution in [-0.4, -0.2) is 15.3 Å². The summed E-state index contributed by atoms with van der Waals surface area (Å²) in [7, 11) is 0. The molecule has 5 nitrogen and oxygen atoms in total. The van der Waals surface area contributed by atoms with Crippen LogP contribution >= 0.6 is 11.3 Å². The highest BCUT2D eigenvalue weighted by Gasteiger charge is 2.22. The van der Waals surface area contributed by atoms with E-state index in [0.29, 0.717) is 21.8 Å². The van der Waals surface area contributed by atoms with Crippen LogP contribution in [0.25, 0.3) is 16.9 Å². The molecular weight excluding hydrogens is 380 g/mol. The van der Waals surface area contributed by atoms with Gasteiger partial charge in [-0.2, -0.15) is 5.26 Å². The number of anilines is 1. The molecule has 0 saturated carbocycles. The van der Waals surface area contributed by atoms with Crippen LogP contribution in [-0.2, 0) is 12.8 Å². The van der Waals surface area contributed by atoms with Crippen molar-refractivity contribution in [1.29, 1.82) is 5.26 Å². The van der Waals surface area contributed by atoms with Crippen molar-refractivity contribution in [1.82, 2.24) is 9.38 Å². The van der Waals surface area contributed by atoms with Crippen molar-refractivity contribution in [3.63, 3.8) is 0 Å². The maximum atomic E-state index is 12.9. The Morgan fingerprint density at radius 1 is 1.17 bits per heavy atom. The summed E-state index contributed by atoms with van der Waals surface area (Å²) in [6.07, 6.45) is 7.96. The summed E-state index contributed by atoms with van der Waals surface area (Å²) in [4.78, 5) is 18.8. The Bertz CT molecular complexity index is 1260. The molecule has 0 unspecified atom stereocenters. The average molecular weight is 398 g/mol. The molecule has 0 bridgehead atoms. The summed E-state index contributed by atoms with van der Waals surface area (Å²) < 4.78 is 1.91. The lowest BCUT2D eigenvalue weighted by Gasteiger charge is -2.09.